The fourth-order valence-electron chi connectivity index (χ4n) is 3.42. The van der Waals surface area contributed by atoms with Crippen molar-refractivity contribution in [3.05, 3.63) is 59.2 Å². The Bertz CT molecular complexity index is 835. The van der Waals surface area contributed by atoms with Gasteiger partial charge in [-0.1, -0.05) is 6.07 Å². The lowest BCUT2D eigenvalue weighted by Gasteiger charge is -2.27. The summed E-state index contributed by atoms with van der Waals surface area (Å²) in [5.41, 5.74) is 0.0199. The van der Waals surface area contributed by atoms with Crippen LogP contribution in [0.5, 0.6) is 11.5 Å². The molecule has 2 aromatic carbocycles. The molecule has 2 aromatic rings. The van der Waals surface area contributed by atoms with Crippen molar-refractivity contribution in [3.63, 3.8) is 0 Å². The third kappa shape index (κ3) is 3.86. The van der Waals surface area contributed by atoms with Crippen molar-refractivity contribution in [3.8, 4) is 11.5 Å². The second-order valence-electron chi connectivity index (χ2n) is 6.34. The molecule has 27 heavy (non-hydrogen) atoms. The molecule has 144 valence electrons. The topological polar surface area (TPSA) is 38.8 Å². The molecule has 3 rings (SSSR count). The van der Waals surface area contributed by atoms with Crippen molar-refractivity contribution < 1.29 is 27.4 Å². The zero-order chi connectivity index (χ0) is 19.6. The Morgan fingerprint density at radius 3 is 2.56 bits per heavy atom. The summed E-state index contributed by atoms with van der Waals surface area (Å²) in [6.07, 6.45) is -3.00. The van der Waals surface area contributed by atoms with E-state index in [2.05, 4.69) is 0 Å². The highest BCUT2D eigenvalue weighted by atomic mass is 19.4. The molecule has 0 aromatic heterocycles. The molecule has 0 unspecified atom stereocenters. The first-order valence-corrected chi connectivity index (χ1v) is 8.55. The number of rotatable bonds is 4. The SMILES string of the molecule is COc1ccc([C@@H]2CCCN2C(=O)c2cccc(C(F)(F)F)c2)c(OC)c1. The fraction of sp³-hybridized carbons (Fsp3) is 0.350. The molecular weight excluding hydrogens is 359 g/mol. The van der Waals surface area contributed by atoms with Gasteiger partial charge in [-0.05, 0) is 43.2 Å². The molecule has 0 spiro atoms. The van der Waals surface area contributed by atoms with Crippen molar-refractivity contribution in [2.75, 3.05) is 20.8 Å². The minimum atomic E-state index is -4.49. The van der Waals surface area contributed by atoms with E-state index in [0.29, 0.717) is 24.5 Å². The first-order chi connectivity index (χ1) is 12.8. The molecule has 0 N–H and O–H groups in total. The molecule has 1 amide bonds. The Morgan fingerprint density at radius 1 is 1.11 bits per heavy atom. The van der Waals surface area contributed by atoms with Gasteiger partial charge < -0.3 is 14.4 Å². The van der Waals surface area contributed by atoms with E-state index in [4.69, 9.17) is 9.47 Å². The van der Waals surface area contributed by atoms with Crippen molar-refractivity contribution in [2.45, 2.75) is 25.1 Å². The molecule has 1 fully saturated rings. The predicted molar refractivity (Wildman–Crippen MR) is 94.0 cm³/mol. The molecular formula is C20H20F3NO3. The van der Waals surface area contributed by atoms with Crippen LogP contribution in [0.25, 0.3) is 0 Å². The molecule has 1 saturated heterocycles. The average Bonchev–Trinajstić information content (AvgIpc) is 3.15. The first kappa shape index (κ1) is 19.1. The van der Waals surface area contributed by atoms with Gasteiger partial charge in [0, 0.05) is 23.7 Å². The van der Waals surface area contributed by atoms with E-state index in [1.54, 1.807) is 24.1 Å². The normalized spacial score (nSPS) is 17.1. The number of amides is 1. The summed E-state index contributed by atoms with van der Waals surface area (Å²) in [6.45, 7) is 0.481. The van der Waals surface area contributed by atoms with E-state index < -0.39 is 17.6 Å². The Labute approximate surface area is 155 Å². The van der Waals surface area contributed by atoms with Gasteiger partial charge in [-0.25, -0.2) is 0 Å². The maximum absolute atomic E-state index is 13.0. The average molecular weight is 379 g/mol. The highest BCUT2D eigenvalue weighted by Crippen LogP contribution is 2.39. The van der Waals surface area contributed by atoms with Gasteiger partial charge in [0.05, 0.1) is 25.8 Å². The number of ether oxygens (including phenoxy) is 2. The number of nitrogens with zero attached hydrogens (tertiary/aromatic N) is 1. The largest absolute Gasteiger partial charge is 0.497 e. The molecule has 1 aliphatic rings. The third-order valence-corrected chi connectivity index (χ3v) is 4.75. The van der Waals surface area contributed by atoms with Crippen LogP contribution in [0.4, 0.5) is 13.2 Å². The molecule has 0 radical (unpaired) electrons. The van der Waals surface area contributed by atoms with Crippen LogP contribution in [0.3, 0.4) is 0 Å². The molecule has 4 nitrogen and oxygen atoms in total. The minimum absolute atomic E-state index is 0.0317. The molecule has 0 saturated carbocycles. The number of hydrogen-bond acceptors (Lipinski definition) is 3. The summed E-state index contributed by atoms with van der Waals surface area (Å²) in [7, 11) is 3.08. The molecule has 0 bridgehead atoms. The van der Waals surface area contributed by atoms with E-state index in [1.807, 2.05) is 6.07 Å². The summed E-state index contributed by atoms with van der Waals surface area (Å²) >= 11 is 0. The molecule has 7 heteroatoms. The van der Waals surface area contributed by atoms with Crippen LogP contribution >= 0.6 is 0 Å². The van der Waals surface area contributed by atoms with Crippen LogP contribution in [0, 0.1) is 0 Å². The number of likely N-dealkylation sites (tertiary alicyclic amines) is 1. The van der Waals surface area contributed by atoms with E-state index in [9.17, 15) is 18.0 Å². The highest BCUT2D eigenvalue weighted by Gasteiger charge is 2.35. The van der Waals surface area contributed by atoms with Crippen molar-refractivity contribution >= 4 is 5.91 Å². The lowest BCUT2D eigenvalue weighted by molar-refractivity contribution is -0.137. The summed E-state index contributed by atoms with van der Waals surface area (Å²) in [5, 5.41) is 0. The smallest absolute Gasteiger partial charge is 0.416 e. The van der Waals surface area contributed by atoms with Gasteiger partial charge in [0.15, 0.2) is 0 Å². The van der Waals surface area contributed by atoms with Gasteiger partial charge in [-0.3, -0.25) is 4.79 Å². The Morgan fingerprint density at radius 2 is 1.89 bits per heavy atom. The maximum atomic E-state index is 13.0. The predicted octanol–water partition coefficient (Wildman–Crippen LogP) is 4.70. The van der Waals surface area contributed by atoms with Gasteiger partial charge in [0.2, 0.25) is 0 Å². The van der Waals surface area contributed by atoms with Crippen molar-refractivity contribution in [1.82, 2.24) is 4.90 Å². The Hall–Kier alpha value is -2.70. The summed E-state index contributed by atoms with van der Waals surface area (Å²) in [4.78, 5) is 14.5. The van der Waals surface area contributed by atoms with E-state index in [1.165, 1.54) is 19.2 Å². The summed E-state index contributed by atoms with van der Waals surface area (Å²) in [5.74, 6) is 0.800. The number of benzene rings is 2. The van der Waals surface area contributed by atoms with Crippen LogP contribution in [-0.2, 0) is 6.18 Å². The summed E-state index contributed by atoms with van der Waals surface area (Å²) in [6, 6.07) is 9.64. The summed E-state index contributed by atoms with van der Waals surface area (Å²) < 4.78 is 49.5. The Balaban J connectivity index is 1.92. The lowest BCUT2D eigenvalue weighted by atomic mass is 10.0. The van der Waals surface area contributed by atoms with Gasteiger partial charge in [0.25, 0.3) is 5.91 Å². The van der Waals surface area contributed by atoms with E-state index in [0.717, 1.165) is 24.1 Å². The molecule has 1 atom stereocenters. The fourth-order valence-corrected chi connectivity index (χ4v) is 3.42. The standard InChI is InChI=1S/C20H20F3NO3/c1-26-15-8-9-16(18(12-15)27-2)17-7-4-10-24(17)19(25)13-5-3-6-14(11-13)20(21,22)23/h3,5-6,8-9,11-12,17H,4,7,10H2,1-2H3/t17-/m0/s1. The molecule has 1 aliphatic heterocycles. The minimum Gasteiger partial charge on any atom is -0.497 e. The number of hydrogen-bond donors (Lipinski definition) is 0. The monoisotopic (exact) mass is 379 g/mol. The zero-order valence-corrected chi connectivity index (χ0v) is 15.0. The highest BCUT2D eigenvalue weighted by molar-refractivity contribution is 5.95. The Kier molecular flexibility index (Phi) is 5.30. The number of alkyl halides is 3. The second kappa shape index (κ2) is 7.50. The molecule has 0 aliphatic carbocycles. The van der Waals surface area contributed by atoms with Crippen LogP contribution in [-0.4, -0.2) is 31.6 Å². The van der Waals surface area contributed by atoms with Crippen molar-refractivity contribution in [2.24, 2.45) is 0 Å². The lowest BCUT2D eigenvalue weighted by Crippen LogP contribution is -2.31. The first-order valence-electron chi connectivity index (χ1n) is 8.55. The quantitative estimate of drug-likeness (QED) is 0.773. The van der Waals surface area contributed by atoms with Crippen LogP contribution in [0.15, 0.2) is 42.5 Å². The number of methoxy groups -OCH3 is 2. The van der Waals surface area contributed by atoms with Gasteiger partial charge >= 0.3 is 6.18 Å². The van der Waals surface area contributed by atoms with Gasteiger partial charge in [-0.15, -0.1) is 0 Å². The third-order valence-electron chi connectivity index (χ3n) is 4.75. The number of carbonyl (C=O) groups excluding carboxylic acids is 1. The molecule has 1 heterocycles. The zero-order valence-electron chi connectivity index (χ0n) is 15.0. The van der Waals surface area contributed by atoms with Gasteiger partial charge in [0.1, 0.15) is 11.5 Å². The van der Waals surface area contributed by atoms with Crippen LogP contribution < -0.4 is 9.47 Å². The van der Waals surface area contributed by atoms with E-state index in [-0.39, 0.29) is 11.6 Å². The van der Waals surface area contributed by atoms with Crippen LogP contribution in [0.1, 0.15) is 40.4 Å². The number of halogens is 3. The number of carbonyl (C=O) groups is 1. The van der Waals surface area contributed by atoms with E-state index >= 15 is 0 Å². The second-order valence-corrected chi connectivity index (χ2v) is 6.34. The van der Waals surface area contributed by atoms with Gasteiger partial charge in [-0.2, -0.15) is 13.2 Å². The maximum Gasteiger partial charge on any atom is 0.416 e. The van der Waals surface area contributed by atoms with Crippen LogP contribution in [0.2, 0.25) is 0 Å². The van der Waals surface area contributed by atoms with Crippen molar-refractivity contribution in [1.29, 1.82) is 0 Å².